The topological polar surface area (TPSA) is 38.9 Å². The number of hydrogen-bond donors (Lipinski definition) is 0. The molecule has 0 amide bonds. The highest BCUT2D eigenvalue weighted by molar-refractivity contribution is 7.71. The van der Waals surface area contributed by atoms with Gasteiger partial charge in [-0.1, -0.05) is 48.5 Å². The van der Waals surface area contributed by atoms with Gasteiger partial charge >= 0.3 is 0 Å². The van der Waals surface area contributed by atoms with E-state index in [0.717, 1.165) is 23.6 Å². The molecule has 0 aliphatic heterocycles. The second-order valence-corrected chi connectivity index (χ2v) is 7.02. The van der Waals surface area contributed by atoms with Gasteiger partial charge in [-0.15, -0.1) is 5.10 Å². The molecule has 0 saturated carbocycles. The fourth-order valence-electron chi connectivity index (χ4n) is 3.17. The lowest BCUT2D eigenvalue weighted by molar-refractivity contribution is 0.244. The molecule has 4 aromatic rings. The molecule has 0 fully saturated rings. The average molecular weight is 388 g/mol. The summed E-state index contributed by atoms with van der Waals surface area (Å²) in [5.41, 5.74) is 3.18. The van der Waals surface area contributed by atoms with E-state index in [1.165, 1.54) is 5.56 Å². The van der Waals surface area contributed by atoms with Crippen molar-refractivity contribution in [3.63, 3.8) is 0 Å². The Morgan fingerprint density at radius 1 is 0.929 bits per heavy atom. The molecule has 0 saturated heterocycles. The van der Waals surface area contributed by atoms with E-state index in [4.69, 9.17) is 17.3 Å². The number of nitrogens with zero attached hydrogens (tertiary/aromatic N) is 5. The maximum atomic E-state index is 5.79. The van der Waals surface area contributed by atoms with E-state index < -0.39 is 0 Å². The van der Waals surface area contributed by atoms with E-state index in [2.05, 4.69) is 41.2 Å². The van der Waals surface area contributed by atoms with Crippen LogP contribution < -0.4 is 0 Å². The Morgan fingerprint density at radius 3 is 2.32 bits per heavy atom. The van der Waals surface area contributed by atoms with E-state index in [1.54, 1.807) is 6.20 Å². The van der Waals surface area contributed by atoms with Crippen molar-refractivity contribution in [1.82, 2.24) is 24.2 Å². The van der Waals surface area contributed by atoms with Crippen molar-refractivity contribution < 1.29 is 0 Å². The molecular weight excluding hydrogens is 366 g/mol. The Bertz CT molecular complexity index is 1090. The fraction of sp³-hybridized carbons (Fsp3) is 0.136. The van der Waals surface area contributed by atoms with Crippen molar-refractivity contribution in [1.29, 1.82) is 0 Å². The van der Waals surface area contributed by atoms with Gasteiger partial charge in [-0.3, -0.25) is 14.5 Å². The van der Waals surface area contributed by atoms with Gasteiger partial charge in [-0.2, -0.15) is 0 Å². The van der Waals surface area contributed by atoms with Crippen LogP contribution in [0.5, 0.6) is 0 Å². The van der Waals surface area contributed by atoms with Crippen molar-refractivity contribution in [3.05, 3.63) is 95.5 Å². The Hall–Kier alpha value is -3.09. The average Bonchev–Trinajstić information content (AvgIpc) is 3.06. The molecule has 0 atom stereocenters. The largest absolute Gasteiger partial charge is 0.283 e. The summed E-state index contributed by atoms with van der Waals surface area (Å²) in [6.07, 6.45) is 3.57. The van der Waals surface area contributed by atoms with Gasteiger partial charge in [0.15, 0.2) is 5.82 Å². The highest BCUT2D eigenvalue weighted by Gasteiger charge is 2.15. The second-order valence-electron chi connectivity index (χ2n) is 6.66. The normalized spacial score (nSPS) is 11.1. The second kappa shape index (κ2) is 8.29. The fourth-order valence-corrected chi connectivity index (χ4v) is 3.46. The van der Waals surface area contributed by atoms with Crippen LogP contribution in [0.4, 0.5) is 0 Å². The predicted molar refractivity (Wildman–Crippen MR) is 114 cm³/mol. The highest BCUT2D eigenvalue weighted by Crippen LogP contribution is 2.22. The summed E-state index contributed by atoms with van der Waals surface area (Å²) < 4.78 is 4.53. The maximum absolute atomic E-state index is 5.79. The van der Waals surface area contributed by atoms with Crippen molar-refractivity contribution in [2.24, 2.45) is 0 Å². The number of pyridine rings is 1. The molecule has 2 aromatic heterocycles. The molecule has 0 unspecified atom stereocenters. The molecule has 0 radical (unpaired) electrons. The van der Waals surface area contributed by atoms with Gasteiger partial charge in [0, 0.05) is 30.2 Å². The summed E-state index contributed by atoms with van der Waals surface area (Å²) in [5, 5.41) is 4.83. The van der Waals surface area contributed by atoms with Gasteiger partial charge in [0.2, 0.25) is 4.77 Å². The van der Waals surface area contributed by atoms with Gasteiger partial charge in [0.25, 0.3) is 0 Å². The minimum Gasteiger partial charge on any atom is -0.283 e. The Labute approximate surface area is 169 Å². The van der Waals surface area contributed by atoms with Crippen LogP contribution in [0.3, 0.4) is 0 Å². The van der Waals surface area contributed by atoms with E-state index >= 15 is 0 Å². The minimum atomic E-state index is 0.598. The lowest BCUT2D eigenvalue weighted by Gasteiger charge is -2.16. The Balaban J connectivity index is 1.71. The maximum Gasteiger partial charge on any atom is 0.204 e. The SMILES string of the molecule is CN(Cc1ccccc1)Cn1nc(-c2cccnc2)n(-c2ccccc2)c1=S. The molecule has 2 heterocycles. The summed E-state index contributed by atoms with van der Waals surface area (Å²) in [4.78, 5) is 6.44. The number of para-hydroxylation sites is 1. The molecular formula is C22H21N5S. The molecule has 0 spiro atoms. The predicted octanol–water partition coefficient (Wildman–Crippen LogP) is 4.55. The summed E-state index contributed by atoms with van der Waals surface area (Å²) >= 11 is 5.79. The van der Waals surface area contributed by atoms with E-state index in [1.807, 2.05) is 64.0 Å². The molecule has 4 rings (SSSR count). The number of rotatable bonds is 6. The summed E-state index contributed by atoms with van der Waals surface area (Å²) in [6, 6.07) is 24.4. The smallest absolute Gasteiger partial charge is 0.204 e. The van der Waals surface area contributed by atoms with Gasteiger partial charge in [-0.25, -0.2) is 4.68 Å². The van der Waals surface area contributed by atoms with Crippen molar-refractivity contribution >= 4 is 12.2 Å². The van der Waals surface area contributed by atoms with Crippen LogP contribution in [-0.2, 0) is 13.2 Å². The lowest BCUT2D eigenvalue weighted by Crippen LogP contribution is -2.22. The zero-order valence-electron chi connectivity index (χ0n) is 15.6. The molecule has 5 nitrogen and oxygen atoms in total. The molecule has 0 N–H and O–H groups in total. The van der Waals surface area contributed by atoms with Crippen molar-refractivity contribution in [3.8, 4) is 17.1 Å². The standard InChI is InChI=1S/C22H21N5S/c1-25(16-18-9-4-2-5-10-18)17-26-22(28)27(20-12-6-3-7-13-20)21(24-26)19-11-8-14-23-15-19/h2-15H,16-17H2,1H3. The van der Waals surface area contributed by atoms with Gasteiger partial charge in [0.1, 0.15) is 0 Å². The van der Waals surface area contributed by atoms with E-state index in [9.17, 15) is 0 Å². The first kappa shape index (κ1) is 18.3. The highest BCUT2D eigenvalue weighted by atomic mass is 32.1. The van der Waals surface area contributed by atoms with Crippen LogP contribution in [0.1, 0.15) is 5.56 Å². The third-order valence-corrected chi connectivity index (χ3v) is 4.84. The third kappa shape index (κ3) is 3.93. The lowest BCUT2D eigenvalue weighted by atomic mass is 10.2. The van der Waals surface area contributed by atoms with E-state index in [-0.39, 0.29) is 0 Å². The molecule has 0 aliphatic carbocycles. The molecule has 2 aromatic carbocycles. The third-order valence-electron chi connectivity index (χ3n) is 4.44. The first-order valence-corrected chi connectivity index (χ1v) is 9.51. The van der Waals surface area contributed by atoms with Gasteiger partial charge < -0.3 is 0 Å². The Morgan fingerprint density at radius 2 is 1.64 bits per heavy atom. The number of aromatic nitrogens is 4. The Kier molecular flexibility index (Phi) is 5.41. The van der Waals surface area contributed by atoms with Crippen molar-refractivity contribution in [2.45, 2.75) is 13.2 Å². The molecule has 140 valence electrons. The monoisotopic (exact) mass is 387 g/mol. The summed E-state index contributed by atoms with van der Waals surface area (Å²) in [7, 11) is 2.07. The van der Waals surface area contributed by atoms with Crippen molar-refractivity contribution in [2.75, 3.05) is 7.05 Å². The summed E-state index contributed by atoms with van der Waals surface area (Å²) in [5.74, 6) is 0.789. The molecule has 0 bridgehead atoms. The molecule has 28 heavy (non-hydrogen) atoms. The van der Waals surface area contributed by atoms with E-state index in [0.29, 0.717) is 11.4 Å². The molecule has 0 aliphatic rings. The van der Waals surface area contributed by atoms with Crippen LogP contribution >= 0.6 is 12.2 Å². The zero-order valence-corrected chi connectivity index (χ0v) is 16.5. The quantitative estimate of drug-likeness (QED) is 0.455. The van der Waals surface area contributed by atoms with Gasteiger partial charge in [-0.05, 0) is 49.1 Å². The van der Waals surface area contributed by atoms with Crippen LogP contribution in [0, 0.1) is 4.77 Å². The van der Waals surface area contributed by atoms with Gasteiger partial charge in [0.05, 0.1) is 6.67 Å². The first-order valence-electron chi connectivity index (χ1n) is 9.10. The number of benzene rings is 2. The van der Waals surface area contributed by atoms with Crippen LogP contribution in [0.2, 0.25) is 0 Å². The molecule has 6 heteroatoms. The summed E-state index contributed by atoms with van der Waals surface area (Å²) in [6.45, 7) is 1.42. The number of hydrogen-bond acceptors (Lipinski definition) is 4. The zero-order chi connectivity index (χ0) is 19.3. The van der Waals surface area contributed by atoms with Crippen LogP contribution in [0.25, 0.3) is 17.1 Å². The minimum absolute atomic E-state index is 0.598. The van der Waals surface area contributed by atoms with Crippen LogP contribution in [-0.4, -0.2) is 31.3 Å². The first-order chi connectivity index (χ1) is 13.7. The van der Waals surface area contributed by atoms with Crippen LogP contribution in [0.15, 0.2) is 85.2 Å².